The number of rotatable bonds is 4. The molecule has 2 N–H and O–H groups in total. The Hall–Kier alpha value is -1.24. The van der Waals surface area contributed by atoms with Crippen LogP contribution in [0.4, 0.5) is 0 Å². The van der Waals surface area contributed by atoms with Crippen molar-refractivity contribution in [2.24, 2.45) is 0 Å². The molecule has 1 aliphatic rings. The zero-order valence-corrected chi connectivity index (χ0v) is 11.8. The van der Waals surface area contributed by atoms with Crippen LogP contribution in [0.2, 0.25) is 0 Å². The van der Waals surface area contributed by atoms with E-state index in [9.17, 15) is 13.5 Å². The Kier molecular flexibility index (Phi) is 3.75. The normalized spacial score (nSPS) is 21.7. The molecule has 2 heterocycles. The van der Waals surface area contributed by atoms with Crippen molar-refractivity contribution in [2.45, 2.75) is 32.0 Å². The average molecular weight is 282 g/mol. The van der Waals surface area contributed by atoms with E-state index < -0.39 is 15.4 Å². The van der Waals surface area contributed by atoms with Gasteiger partial charge in [0, 0.05) is 24.2 Å². The second-order valence-corrected chi connectivity index (χ2v) is 7.19. The second kappa shape index (κ2) is 5.03. The molecule has 6 heteroatoms. The molecular weight excluding hydrogens is 264 g/mol. The highest BCUT2D eigenvalue weighted by Gasteiger charge is 2.21. The summed E-state index contributed by atoms with van der Waals surface area (Å²) in [6, 6.07) is 3.51. The fourth-order valence-corrected chi connectivity index (χ4v) is 3.14. The zero-order chi connectivity index (χ0) is 14.1. The number of nitrogens with zero attached hydrogens (tertiary/aromatic N) is 1. The topological polar surface area (TPSA) is 79.3 Å². The Morgan fingerprint density at radius 2 is 2.26 bits per heavy atom. The summed E-state index contributed by atoms with van der Waals surface area (Å²) in [6.45, 7) is 3.90. The highest BCUT2D eigenvalue weighted by molar-refractivity contribution is 7.94. The molecule has 19 heavy (non-hydrogen) atoms. The molecule has 1 unspecified atom stereocenters. The monoisotopic (exact) mass is 282 g/mol. The maximum absolute atomic E-state index is 11.3. The Morgan fingerprint density at radius 1 is 1.53 bits per heavy atom. The lowest BCUT2D eigenvalue weighted by atomic mass is 10.0. The summed E-state index contributed by atoms with van der Waals surface area (Å²) in [6.07, 6.45) is 3.30. The Balaban J connectivity index is 1.99. The lowest BCUT2D eigenvalue weighted by Gasteiger charge is -2.17. The number of hydrogen-bond acceptors (Lipinski definition) is 5. The van der Waals surface area contributed by atoms with Crippen LogP contribution >= 0.6 is 0 Å². The minimum Gasteiger partial charge on any atom is -0.384 e. The second-order valence-electron chi connectivity index (χ2n) is 5.25. The minimum absolute atomic E-state index is 0.108. The summed E-state index contributed by atoms with van der Waals surface area (Å²) in [7, 11) is -3.03. The van der Waals surface area contributed by atoms with E-state index in [1.807, 2.05) is 12.1 Å². The molecule has 0 radical (unpaired) electrons. The number of pyridine rings is 1. The molecule has 0 saturated carbocycles. The highest BCUT2D eigenvalue weighted by Crippen LogP contribution is 2.18. The maximum Gasteiger partial charge on any atom is 0.173 e. The summed E-state index contributed by atoms with van der Waals surface area (Å²) < 4.78 is 22.5. The number of hydrogen-bond donors (Lipinski definition) is 2. The third-order valence-corrected chi connectivity index (χ3v) is 4.35. The van der Waals surface area contributed by atoms with Crippen LogP contribution in [0.5, 0.6) is 0 Å². The number of nitrogens with one attached hydrogen (secondary N) is 1. The van der Waals surface area contributed by atoms with Crippen LogP contribution in [-0.2, 0) is 22.0 Å². The van der Waals surface area contributed by atoms with Gasteiger partial charge < -0.3 is 10.4 Å². The molecule has 0 bridgehead atoms. The van der Waals surface area contributed by atoms with Gasteiger partial charge in [-0.1, -0.05) is 6.08 Å². The molecule has 0 fully saturated rings. The van der Waals surface area contributed by atoms with E-state index in [0.29, 0.717) is 12.2 Å². The van der Waals surface area contributed by atoms with Crippen LogP contribution in [0.15, 0.2) is 29.8 Å². The van der Waals surface area contributed by atoms with Crippen molar-refractivity contribution in [3.05, 3.63) is 41.1 Å². The Labute approximate surface area is 113 Å². The van der Waals surface area contributed by atoms with Gasteiger partial charge in [-0.2, -0.15) is 0 Å². The molecule has 0 amide bonds. The molecule has 5 nitrogen and oxygen atoms in total. The maximum atomic E-state index is 11.3. The number of aromatic nitrogens is 1. The van der Waals surface area contributed by atoms with Crippen LogP contribution in [0.1, 0.15) is 25.1 Å². The fourth-order valence-electron chi connectivity index (χ4n) is 1.87. The van der Waals surface area contributed by atoms with E-state index in [2.05, 4.69) is 10.3 Å². The van der Waals surface area contributed by atoms with Crippen molar-refractivity contribution in [3.63, 3.8) is 0 Å². The summed E-state index contributed by atoms with van der Waals surface area (Å²) in [5.41, 5.74) is 0.582. The first kappa shape index (κ1) is 14.2. The molecule has 1 aliphatic heterocycles. The van der Waals surface area contributed by atoms with Crippen molar-refractivity contribution in [2.75, 3.05) is 5.75 Å². The molecule has 0 aromatic carbocycles. The first-order chi connectivity index (χ1) is 8.76. The van der Waals surface area contributed by atoms with Gasteiger partial charge in [-0.3, -0.25) is 4.98 Å². The van der Waals surface area contributed by atoms with Gasteiger partial charge in [0.25, 0.3) is 0 Å². The van der Waals surface area contributed by atoms with Gasteiger partial charge in [-0.05, 0) is 31.5 Å². The van der Waals surface area contributed by atoms with Crippen LogP contribution in [0.25, 0.3) is 0 Å². The van der Waals surface area contributed by atoms with Gasteiger partial charge in [-0.15, -0.1) is 0 Å². The quantitative estimate of drug-likeness (QED) is 0.850. The van der Waals surface area contributed by atoms with E-state index >= 15 is 0 Å². The van der Waals surface area contributed by atoms with E-state index in [1.165, 1.54) is 5.41 Å². The third-order valence-electron chi connectivity index (χ3n) is 2.95. The molecule has 104 valence electrons. The molecule has 0 saturated heterocycles. The minimum atomic E-state index is -3.03. The zero-order valence-electron chi connectivity index (χ0n) is 11.0. The molecule has 1 aromatic rings. The summed E-state index contributed by atoms with van der Waals surface area (Å²) in [5.74, 6) is 0.108. The summed E-state index contributed by atoms with van der Waals surface area (Å²) >= 11 is 0. The van der Waals surface area contributed by atoms with Crippen LogP contribution in [0.3, 0.4) is 0 Å². The Morgan fingerprint density at radius 3 is 2.84 bits per heavy atom. The van der Waals surface area contributed by atoms with Gasteiger partial charge in [0.15, 0.2) is 9.84 Å². The van der Waals surface area contributed by atoms with Gasteiger partial charge in [0.2, 0.25) is 0 Å². The number of aliphatic hydroxyl groups is 1. The van der Waals surface area contributed by atoms with Gasteiger partial charge in [0.05, 0.1) is 11.4 Å². The van der Waals surface area contributed by atoms with Gasteiger partial charge in [-0.25, -0.2) is 8.42 Å². The predicted molar refractivity (Wildman–Crippen MR) is 73.0 cm³/mol. The molecule has 1 aromatic heterocycles. The molecule has 0 aliphatic carbocycles. The largest absolute Gasteiger partial charge is 0.384 e. The first-order valence-electron chi connectivity index (χ1n) is 6.08. The predicted octanol–water partition coefficient (Wildman–Crippen LogP) is 0.709. The lowest BCUT2D eigenvalue weighted by molar-refractivity contribution is 0.0737. The van der Waals surface area contributed by atoms with Crippen molar-refractivity contribution in [1.82, 2.24) is 10.3 Å². The van der Waals surface area contributed by atoms with Crippen LogP contribution in [-0.4, -0.2) is 30.3 Å². The van der Waals surface area contributed by atoms with E-state index in [0.717, 1.165) is 5.56 Å². The van der Waals surface area contributed by atoms with Crippen molar-refractivity contribution < 1.29 is 13.5 Å². The number of sulfone groups is 1. The third kappa shape index (κ3) is 3.86. The summed E-state index contributed by atoms with van der Waals surface area (Å²) in [4.78, 5) is 4.13. The molecule has 1 atom stereocenters. The van der Waals surface area contributed by atoms with Crippen LogP contribution in [0, 0.1) is 0 Å². The average Bonchev–Trinajstić information content (AvgIpc) is 2.66. The van der Waals surface area contributed by atoms with E-state index in [4.69, 9.17) is 0 Å². The highest BCUT2D eigenvalue weighted by atomic mass is 32.2. The van der Waals surface area contributed by atoms with Gasteiger partial charge >= 0.3 is 0 Å². The smallest absolute Gasteiger partial charge is 0.173 e. The van der Waals surface area contributed by atoms with E-state index in [1.54, 1.807) is 26.1 Å². The molecule has 0 spiro atoms. The summed E-state index contributed by atoms with van der Waals surface area (Å²) in [5, 5.41) is 14.3. The van der Waals surface area contributed by atoms with Crippen molar-refractivity contribution in [1.29, 1.82) is 0 Å². The lowest BCUT2D eigenvalue weighted by Crippen LogP contribution is -2.29. The van der Waals surface area contributed by atoms with Crippen molar-refractivity contribution in [3.8, 4) is 0 Å². The Bertz CT molecular complexity index is 588. The van der Waals surface area contributed by atoms with Gasteiger partial charge in [0.1, 0.15) is 5.60 Å². The molecular formula is C13H18N2O3S. The van der Waals surface area contributed by atoms with E-state index in [-0.39, 0.29) is 11.8 Å². The van der Waals surface area contributed by atoms with Crippen molar-refractivity contribution >= 4 is 9.84 Å². The standard InChI is InChI=1S/C13H18N2O3S/c1-13(2,16)12-7-10(3-5-14-12)8-15-11-4-6-19(17,18)9-11/h3-7,11,15-16H,8-9H2,1-2H3. The fraction of sp³-hybridized carbons (Fsp3) is 0.462. The van der Waals surface area contributed by atoms with Crippen LogP contribution < -0.4 is 5.32 Å². The molecule has 2 rings (SSSR count). The first-order valence-corrected chi connectivity index (χ1v) is 7.80. The SMILES string of the molecule is CC(C)(O)c1cc(CNC2C=CS(=O)(=O)C2)ccn1.